The van der Waals surface area contributed by atoms with E-state index in [2.05, 4.69) is 11.9 Å². The number of alkyl halides is 1. The van der Waals surface area contributed by atoms with E-state index >= 15 is 0 Å². The van der Waals surface area contributed by atoms with Crippen LogP contribution in [0, 0.1) is 0 Å². The van der Waals surface area contributed by atoms with Gasteiger partial charge in [-0.05, 0) is 12.0 Å². The third-order valence-corrected chi connectivity index (χ3v) is 2.38. The van der Waals surface area contributed by atoms with E-state index in [0.29, 0.717) is 5.56 Å². The van der Waals surface area contributed by atoms with Crippen LogP contribution in [-0.4, -0.2) is 6.54 Å². The predicted molar refractivity (Wildman–Crippen MR) is 52.7 cm³/mol. The quantitative estimate of drug-likeness (QED) is 0.685. The summed E-state index contributed by atoms with van der Waals surface area (Å²) in [6.07, 6.45) is 1.27. The minimum absolute atomic E-state index is 0.713. The topological polar surface area (TPSA) is 12.0 Å². The Morgan fingerprint density at radius 2 is 2.38 bits per heavy atom. The van der Waals surface area contributed by atoms with Gasteiger partial charge in [0.25, 0.3) is 0 Å². The van der Waals surface area contributed by atoms with Gasteiger partial charge in [0.15, 0.2) is 0 Å². The van der Waals surface area contributed by atoms with E-state index in [-0.39, 0.29) is 0 Å². The number of allylic oxidation sites excluding steroid dienone is 1. The number of fused-ring (bicyclic) bond motifs is 1. The molecule has 0 saturated heterocycles. The second-order valence-electron chi connectivity index (χ2n) is 3.20. The number of para-hydroxylation sites is 1. The van der Waals surface area contributed by atoms with E-state index < -0.39 is 6.17 Å². The number of halogens is 1. The average Bonchev–Trinajstić information content (AvgIpc) is 2.63. The Hall–Kier alpha value is -1.31. The van der Waals surface area contributed by atoms with E-state index in [1.54, 1.807) is 0 Å². The minimum atomic E-state index is -1.06. The second kappa shape index (κ2) is 3.21. The third kappa shape index (κ3) is 1.32. The zero-order valence-corrected chi connectivity index (χ0v) is 7.39. The first-order valence-electron chi connectivity index (χ1n) is 4.45. The highest BCUT2D eigenvalue weighted by Crippen LogP contribution is 2.32. The molecule has 0 aromatic heterocycles. The molecular formula is C11H12FN. The lowest BCUT2D eigenvalue weighted by molar-refractivity contribution is 0.416. The molecule has 1 aliphatic heterocycles. The number of benzene rings is 1. The lowest BCUT2D eigenvalue weighted by atomic mass is 10.0. The SMILES string of the molecule is C=CC(F)c1cccc2c1NCC2. The van der Waals surface area contributed by atoms with Crippen molar-refractivity contribution in [3.63, 3.8) is 0 Å². The zero-order valence-electron chi connectivity index (χ0n) is 7.39. The largest absolute Gasteiger partial charge is 0.384 e. The molecule has 0 spiro atoms. The van der Waals surface area contributed by atoms with Crippen molar-refractivity contribution < 1.29 is 4.39 Å². The van der Waals surface area contributed by atoms with E-state index in [1.807, 2.05) is 18.2 Å². The van der Waals surface area contributed by atoms with Crippen LogP contribution >= 0.6 is 0 Å². The molecular weight excluding hydrogens is 165 g/mol. The molecule has 2 heteroatoms. The van der Waals surface area contributed by atoms with Crippen LogP contribution in [0.15, 0.2) is 30.9 Å². The Bertz CT molecular complexity index is 333. The second-order valence-corrected chi connectivity index (χ2v) is 3.20. The zero-order chi connectivity index (χ0) is 9.26. The Balaban J connectivity index is 2.46. The van der Waals surface area contributed by atoms with E-state index in [1.165, 1.54) is 11.6 Å². The maximum Gasteiger partial charge on any atom is 0.145 e. The number of hydrogen-bond donors (Lipinski definition) is 1. The summed E-state index contributed by atoms with van der Waals surface area (Å²) >= 11 is 0. The van der Waals surface area contributed by atoms with Crippen molar-refractivity contribution >= 4 is 5.69 Å². The van der Waals surface area contributed by atoms with Crippen molar-refractivity contribution in [2.24, 2.45) is 0 Å². The summed E-state index contributed by atoms with van der Waals surface area (Å²) < 4.78 is 13.4. The molecule has 1 aliphatic rings. The smallest absolute Gasteiger partial charge is 0.145 e. The summed E-state index contributed by atoms with van der Waals surface area (Å²) in [5, 5.41) is 3.20. The molecule has 68 valence electrons. The van der Waals surface area contributed by atoms with Crippen molar-refractivity contribution in [3.8, 4) is 0 Å². The Morgan fingerprint density at radius 3 is 3.15 bits per heavy atom. The molecule has 1 atom stereocenters. The first-order valence-corrected chi connectivity index (χ1v) is 4.45. The highest BCUT2D eigenvalue weighted by molar-refractivity contribution is 5.62. The molecule has 1 aromatic rings. The van der Waals surface area contributed by atoms with Crippen molar-refractivity contribution in [2.75, 3.05) is 11.9 Å². The summed E-state index contributed by atoms with van der Waals surface area (Å²) in [6, 6.07) is 5.75. The molecule has 13 heavy (non-hydrogen) atoms. The molecule has 0 radical (unpaired) electrons. The normalized spacial score (nSPS) is 16.1. The Morgan fingerprint density at radius 1 is 1.54 bits per heavy atom. The van der Waals surface area contributed by atoms with Gasteiger partial charge in [0.2, 0.25) is 0 Å². The van der Waals surface area contributed by atoms with Gasteiger partial charge in [0, 0.05) is 17.8 Å². The van der Waals surface area contributed by atoms with Gasteiger partial charge >= 0.3 is 0 Å². The summed E-state index contributed by atoms with van der Waals surface area (Å²) in [5.41, 5.74) is 2.89. The Labute approximate surface area is 77.3 Å². The lowest BCUT2D eigenvalue weighted by Gasteiger charge is -2.09. The van der Waals surface area contributed by atoms with Gasteiger partial charge in [-0.15, -0.1) is 0 Å². The van der Waals surface area contributed by atoms with Gasteiger partial charge < -0.3 is 5.32 Å². The van der Waals surface area contributed by atoms with Gasteiger partial charge in [0.1, 0.15) is 6.17 Å². The van der Waals surface area contributed by atoms with Crippen molar-refractivity contribution in [1.29, 1.82) is 0 Å². The van der Waals surface area contributed by atoms with Crippen LogP contribution in [0.1, 0.15) is 17.3 Å². The number of hydrogen-bond acceptors (Lipinski definition) is 1. The van der Waals surface area contributed by atoms with Gasteiger partial charge in [-0.3, -0.25) is 0 Å². The first kappa shape index (κ1) is 8.30. The van der Waals surface area contributed by atoms with Crippen molar-refractivity contribution in [3.05, 3.63) is 42.0 Å². The number of anilines is 1. The molecule has 0 saturated carbocycles. The summed E-state index contributed by atoms with van der Waals surface area (Å²) in [7, 11) is 0. The predicted octanol–water partition coefficient (Wildman–Crippen LogP) is 2.85. The van der Waals surface area contributed by atoms with Crippen LogP contribution in [0.4, 0.5) is 10.1 Å². The van der Waals surface area contributed by atoms with E-state index in [9.17, 15) is 4.39 Å². The fourth-order valence-electron chi connectivity index (χ4n) is 1.72. The molecule has 1 nitrogen and oxygen atoms in total. The van der Waals surface area contributed by atoms with E-state index in [4.69, 9.17) is 0 Å². The molecule has 1 N–H and O–H groups in total. The van der Waals surface area contributed by atoms with Gasteiger partial charge in [-0.2, -0.15) is 0 Å². The highest BCUT2D eigenvalue weighted by atomic mass is 19.1. The molecule has 1 unspecified atom stereocenters. The van der Waals surface area contributed by atoms with Crippen molar-refractivity contribution in [2.45, 2.75) is 12.6 Å². The molecule has 1 heterocycles. The van der Waals surface area contributed by atoms with Crippen LogP contribution in [-0.2, 0) is 6.42 Å². The molecule has 2 rings (SSSR count). The molecule has 0 bridgehead atoms. The van der Waals surface area contributed by atoms with Gasteiger partial charge in [0.05, 0.1) is 0 Å². The molecule has 1 aromatic carbocycles. The van der Waals surface area contributed by atoms with Crippen LogP contribution in [0.25, 0.3) is 0 Å². The van der Waals surface area contributed by atoms with E-state index in [0.717, 1.165) is 18.7 Å². The molecule has 0 fully saturated rings. The van der Waals surface area contributed by atoms with Crippen LogP contribution in [0.5, 0.6) is 0 Å². The van der Waals surface area contributed by atoms with Crippen LogP contribution < -0.4 is 5.32 Å². The third-order valence-electron chi connectivity index (χ3n) is 2.38. The minimum Gasteiger partial charge on any atom is -0.384 e. The molecule has 0 amide bonds. The monoisotopic (exact) mass is 177 g/mol. The molecule has 0 aliphatic carbocycles. The standard InChI is InChI=1S/C11H12FN/c1-2-10(12)9-5-3-4-8-6-7-13-11(8)9/h2-5,10,13H,1,6-7H2. The maximum absolute atomic E-state index is 13.4. The summed E-state index contributed by atoms with van der Waals surface area (Å²) in [5.74, 6) is 0. The average molecular weight is 177 g/mol. The van der Waals surface area contributed by atoms with Gasteiger partial charge in [-0.1, -0.05) is 30.9 Å². The number of nitrogens with one attached hydrogen (secondary N) is 1. The maximum atomic E-state index is 13.4. The summed E-state index contributed by atoms with van der Waals surface area (Å²) in [6.45, 7) is 4.37. The lowest BCUT2D eigenvalue weighted by Crippen LogP contribution is -1.96. The first-order chi connectivity index (χ1) is 6.33. The van der Waals surface area contributed by atoms with Gasteiger partial charge in [-0.25, -0.2) is 4.39 Å². The fraction of sp³-hybridized carbons (Fsp3) is 0.273. The van der Waals surface area contributed by atoms with Crippen LogP contribution in [0.2, 0.25) is 0 Å². The number of rotatable bonds is 2. The van der Waals surface area contributed by atoms with Crippen LogP contribution in [0.3, 0.4) is 0 Å². The summed E-state index contributed by atoms with van der Waals surface area (Å²) in [4.78, 5) is 0. The van der Waals surface area contributed by atoms with Crippen molar-refractivity contribution in [1.82, 2.24) is 0 Å². The Kier molecular flexibility index (Phi) is 2.05. The highest BCUT2D eigenvalue weighted by Gasteiger charge is 2.17. The fourth-order valence-corrected chi connectivity index (χ4v) is 1.72.